The molecule has 2 aromatic heterocycles. The number of hydrogen-bond donors (Lipinski definition) is 2. The third kappa shape index (κ3) is 7.94. The lowest BCUT2D eigenvalue weighted by molar-refractivity contribution is 0.102. The van der Waals surface area contributed by atoms with Crippen molar-refractivity contribution in [2.24, 2.45) is 10.7 Å². The van der Waals surface area contributed by atoms with Crippen molar-refractivity contribution in [1.29, 1.82) is 0 Å². The number of thioether (sulfide) groups is 1. The number of nitrogens with zero attached hydrogens (tertiary/aromatic N) is 3. The quantitative estimate of drug-likeness (QED) is 0.639. The van der Waals surface area contributed by atoms with Crippen LogP contribution in [0.5, 0.6) is 0 Å². The van der Waals surface area contributed by atoms with Gasteiger partial charge in [0.2, 0.25) is 0 Å². The Kier molecular flexibility index (Phi) is 9.48. The number of amides is 1. The first kappa shape index (κ1) is 19.9. The van der Waals surface area contributed by atoms with E-state index in [1.807, 2.05) is 0 Å². The molecule has 0 radical (unpaired) electrons. The zero-order valence-electron chi connectivity index (χ0n) is 13.6. The van der Waals surface area contributed by atoms with Crippen LogP contribution in [-0.2, 0) is 0 Å². The number of pyridine rings is 2. The van der Waals surface area contributed by atoms with E-state index >= 15 is 0 Å². The lowest BCUT2D eigenvalue weighted by Crippen LogP contribution is -2.14. The van der Waals surface area contributed by atoms with Crippen LogP contribution in [0, 0.1) is 0 Å². The second-order valence-corrected chi connectivity index (χ2v) is 5.99. The monoisotopic (exact) mass is 365 g/mol. The van der Waals surface area contributed by atoms with Crippen LogP contribution in [0.3, 0.4) is 0 Å². The molecule has 0 atom stereocenters. The summed E-state index contributed by atoms with van der Waals surface area (Å²) in [6.07, 6.45) is 4.18. The topological polar surface area (TPSA) is 93.3 Å². The molecule has 0 bridgehead atoms. The van der Waals surface area contributed by atoms with Crippen LogP contribution < -0.4 is 11.1 Å². The average molecular weight is 366 g/mol. The van der Waals surface area contributed by atoms with Gasteiger partial charge in [-0.15, -0.1) is 0 Å². The van der Waals surface area contributed by atoms with Crippen molar-refractivity contribution in [3.63, 3.8) is 0 Å². The van der Waals surface area contributed by atoms with Gasteiger partial charge in [0.15, 0.2) is 5.17 Å². The molecule has 2 rings (SSSR count). The normalized spacial score (nSPS) is 10.5. The fourth-order valence-corrected chi connectivity index (χ4v) is 2.05. The van der Waals surface area contributed by atoms with Gasteiger partial charge in [-0.25, -0.2) is 9.97 Å². The molecule has 0 spiro atoms. The standard InChI is InChI=1S/C11H8ClN3O.C5H12N2S/c12-8-4-5-9(14-7-8)11(16)15-10-3-1-2-6-13-10;1-3-4-8-5(6)7-2/h1-7H,(H,13,15,16);3-4H2,1-2H3,(H2,6,7). The molecule has 0 fully saturated rings. The van der Waals surface area contributed by atoms with Crippen molar-refractivity contribution >= 4 is 40.3 Å². The Balaban J connectivity index is 0.000000307. The molecule has 3 N–H and O–H groups in total. The van der Waals surface area contributed by atoms with Gasteiger partial charge in [-0.2, -0.15) is 0 Å². The highest BCUT2D eigenvalue weighted by molar-refractivity contribution is 8.13. The molecule has 0 aromatic carbocycles. The van der Waals surface area contributed by atoms with Gasteiger partial charge in [-0.3, -0.25) is 9.79 Å². The van der Waals surface area contributed by atoms with Gasteiger partial charge in [0.1, 0.15) is 11.5 Å². The van der Waals surface area contributed by atoms with Crippen LogP contribution in [0.2, 0.25) is 5.02 Å². The molecule has 2 heterocycles. The molecule has 128 valence electrons. The number of anilines is 1. The second kappa shape index (κ2) is 11.4. The lowest BCUT2D eigenvalue weighted by Gasteiger charge is -2.02. The summed E-state index contributed by atoms with van der Waals surface area (Å²) >= 11 is 7.27. The summed E-state index contributed by atoms with van der Waals surface area (Å²) < 4.78 is 0. The number of aromatic nitrogens is 2. The predicted molar refractivity (Wildman–Crippen MR) is 102 cm³/mol. The van der Waals surface area contributed by atoms with Gasteiger partial charge < -0.3 is 11.1 Å². The smallest absolute Gasteiger partial charge is 0.275 e. The largest absolute Gasteiger partial charge is 0.379 e. The van der Waals surface area contributed by atoms with Gasteiger partial charge in [-0.05, 0) is 30.7 Å². The average Bonchev–Trinajstić information content (AvgIpc) is 2.61. The van der Waals surface area contributed by atoms with E-state index in [1.165, 1.54) is 6.20 Å². The molecule has 8 heteroatoms. The van der Waals surface area contributed by atoms with Crippen LogP contribution in [0.1, 0.15) is 23.8 Å². The van der Waals surface area contributed by atoms with Crippen molar-refractivity contribution < 1.29 is 4.79 Å². The maximum atomic E-state index is 11.7. The SMILES string of the molecule is CCCSC(N)=NC.O=C(Nc1ccccn1)c1ccc(Cl)cn1. The van der Waals surface area contributed by atoms with E-state index in [0.29, 0.717) is 21.7 Å². The second-order valence-electron chi connectivity index (χ2n) is 4.44. The minimum absolute atomic E-state index is 0.301. The van der Waals surface area contributed by atoms with Gasteiger partial charge in [0.05, 0.1) is 5.02 Å². The number of nitrogens with one attached hydrogen (secondary N) is 1. The minimum atomic E-state index is -0.310. The molecule has 6 nitrogen and oxygen atoms in total. The molecule has 0 aliphatic carbocycles. The van der Waals surface area contributed by atoms with E-state index in [0.717, 1.165) is 12.2 Å². The number of carbonyl (C=O) groups is 1. The highest BCUT2D eigenvalue weighted by Gasteiger charge is 2.07. The summed E-state index contributed by atoms with van der Waals surface area (Å²) in [4.78, 5) is 23.3. The third-order valence-corrected chi connectivity index (χ3v) is 3.86. The number of halogens is 1. The van der Waals surface area contributed by atoms with Crippen molar-refractivity contribution in [3.8, 4) is 0 Å². The molecule has 0 unspecified atom stereocenters. The van der Waals surface area contributed by atoms with Crippen LogP contribution in [0.4, 0.5) is 5.82 Å². The molecular weight excluding hydrogens is 346 g/mol. The maximum absolute atomic E-state index is 11.7. The highest BCUT2D eigenvalue weighted by atomic mass is 35.5. The van der Waals surface area contributed by atoms with Gasteiger partial charge in [-0.1, -0.05) is 36.4 Å². The van der Waals surface area contributed by atoms with Crippen LogP contribution in [0.25, 0.3) is 0 Å². The van der Waals surface area contributed by atoms with E-state index in [9.17, 15) is 4.79 Å². The van der Waals surface area contributed by atoms with Crippen LogP contribution >= 0.6 is 23.4 Å². The van der Waals surface area contributed by atoms with Crippen molar-refractivity contribution in [3.05, 3.63) is 53.4 Å². The summed E-state index contributed by atoms with van der Waals surface area (Å²) in [6, 6.07) is 8.43. The Morgan fingerprint density at radius 2 is 2.12 bits per heavy atom. The minimum Gasteiger partial charge on any atom is -0.379 e. The number of aliphatic imine (C=N–C) groups is 1. The summed E-state index contributed by atoms with van der Waals surface area (Å²) in [5, 5.41) is 3.80. The van der Waals surface area contributed by atoms with E-state index < -0.39 is 0 Å². The predicted octanol–water partition coefficient (Wildman–Crippen LogP) is 3.46. The van der Waals surface area contributed by atoms with Crippen molar-refractivity contribution in [1.82, 2.24) is 9.97 Å². The van der Waals surface area contributed by atoms with Crippen molar-refractivity contribution in [2.45, 2.75) is 13.3 Å². The Bertz CT molecular complexity index is 649. The van der Waals surface area contributed by atoms with E-state index in [2.05, 4.69) is 27.2 Å². The van der Waals surface area contributed by atoms with E-state index in [4.69, 9.17) is 17.3 Å². The highest BCUT2D eigenvalue weighted by Crippen LogP contribution is 2.08. The number of amidine groups is 1. The molecule has 0 aliphatic rings. The Hall–Kier alpha value is -2.12. The molecule has 0 saturated carbocycles. The maximum Gasteiger partial charge on any atom is 0.275 e. The Morgan fingerprint density at radius 1 is 1.33 bits per heavy atom. The molecule has 1 amide bonds. The van der Waals surface area contributed by atoms with Gasteiger partial charge >= 0.3 is 0 Å². The fourth-order valence-electron chi connectivity index (χ4n) is 1.40. The fraction of sp³-hybridized carbons (Fsp3) is 0.250. The Labute approximate surface area is 150 Å². The van der Waals surface area contributed by atoms with Crippen molar-refractivity contribution in [2.75, 3.05) is 18.1 Å². The number of carbonyl (C=O) groups excluding carboxylic acids is 1. The zero-order chi connectivity index (χ0) is 17.8. The molecule has 0 saturated heterocycles. The van der Waals surface area contributed by atoms with Gasteiger partial charge in [0.25, 0.3) is 5.91 Å². The Morgan fingerprint density at radius 3 is 2.67 bits per heavy atom. The first-order valence-electron chi connectivity index (χ1n) is 7.25. The summed E-state index contributed by atoms with van der Waals surface area (Å²) in [5.41, 5.74) is 5.67. The van der Waals surface area contributed by atoms with E-state index in [-0.39, 0.29) is 5.91 Å². The molecule has 24 heavy (non-hydrogen) atoms. The molecule has 2 aromatic rings. The van der Waals surface area contributed by atoms with Crippen LogP contribution in [0.15, 0.2) is 47.7 Å². The van der Waals surface area contributed by atoms with Gasteiger partial charge in [0, 0.05) is 25.2 Å². The molecule has 0 aliphatic heterocycles. The summed E-state index contributed by atoms with van der Waals surface area (Å²) in [7, 11) is 1.71. The number of rotatable bonds is 4. The number of nitrogens with two attached hydrogens (primary N) is 1. The van der Waals surface area contributed by atoms with E-state index in [1.54, 1.807) is 55.3 Å². The first-order valence-corrected chi connectivity index (χ1v) is 8.62. The first-order chi connectivity index (χ1) is 11.6. The number of hydrogen-bond acceptors (Lipinski definition) is 5. The third-order valence-electron chi connectivity index (χ3n) is 2.54. The summed E-state index contributed by atoms with van der Waals surface area (Å²) in [6.45, 7) is 2.12. The van der Waals surface area contributed by atoms with Crippen LogP contribution in [-0.4, -0.2) is 33.8 Å². The zero-order valence-corrected chi connectivity index (χ0v) is 15.1. The summed E-state index contributed by atoms with van der Waals surface area (Å²) in [5.74, 6) is 1.25. The lowest BCUT2D eigenvalue weighted by atomic mass is 10.3. The molecular formula is C16H20ClN5OS.